The Kier molecular flexibility index (Phi) is 6.69. The van der Waals surface area contributed by atoms with E-state index in [1.807, 2.05) is 0 Å². The molecule has 3 rings (SSSR count). The number of benzene rings is 2. The molecule has 0 aliphatic heterocycles. The highest BCUT2D eigenvalue weighted by Gasteiger charge is 2.42. The minimum absolute atomic E-state index is 0. The van der Waals surface area contributed by atoms with Gasteiger partial charge in [0.25, 0.3) is 0 Å². The van der Waals surface area contributed by atoms with Gasteiger partial charge >= 0.3 is 0 Å². The fourth-order valence-corrected chi connectivity index (χ4v) is 2.73. The predicted molar refractivity (Wildman–Crippen MR) is 103 cm³/mol. The van der Waals surface area contributed by atoms with Crippen LogP contribution in [0.15, 0.2) is 47.5 Å². The molecule has 0 aromatic heterocycles. The zero-order valence-corrected chi connectivity index (χ0v) is 15.9. The summed E-state index contributed by atoms with van der Waals surface area (Å²) < 4.78 is 41.2. The van der Waals surface area contributed by atoms with Crippen LogP contribution in [0.25, 0.3) is 0 Å². The minimum atomic E-state index is -0.529. The molecule has 0 spiro atoms. The summed E-state index contributed by atoms with van der Waals surface area (Å²) >= 11 is 0. The van der Waals surface area contributed by atoms with E-state index in [1.165, 1.54) is 24.3 Å². The molecule has 2 aromatic carbocycles. The van der Waals surface area contributed by atoms with Crippen molar-refractivity contribution in [3.8, 4) is 0 Å². The number of hydrogen-bond donors (Lipinski definition) is 2. The molecule has 2 unspecified atom stereocenters. The van der Waals surface area contributed by atoms with Crippen LogP contribution in [0.4, 0.5) is 13.2 Å². The molecule has 2 aromatic rings. The Hall–Kier alpha value is -1.77. The topological polar surface area (TPSA) is 36.4 Å². The fraction of sp³-hybridized carbons (Fsp3) is 0.278. The molecule has 0 radical (unpaired) electrons. The standard InChI is InChI=1S/C18H18F3N3.HI/c1-22-18(23-10-11-5-2-3-6-13(11)19)24-16-9-12(16)17-14(20)7-4-8-15(17)21;/h2-8,12,16H,9-10H2,1H3,(H2,22,23,24);1H. The second-order valence-electron chi connectivity index (χ2n) is 5.75. The van der Waals surface area contributed by atoms with E-state index in [1.54, 1.807) is 25.2 Å². The first-order valence-electron chi connectivity index (χ1n) is 7.74. The summed E-state index contributed by atoms with van der Waals surface area (Å²) in [7, 11) is 1.59. The zero-order chi connectivity index (χ0) is 17.1. The lowest BCUT2D eigenvalue weighted by Crippen LogP contribution is -2.38. The first-order valence-corrected chi connectivity index (χ1v) is 7.74. The van der Waals surface area contributed by atoms with Crippen LogP contribution in [0.3, 0.4) is 0 Å². The molecule has 0 amide bonds. The van der Waals surface area contributed by atoms with E-state index < -0.39 is 11.6 Å². The van der Waals surface area contributed by atoms with E-state index >= 15 is 0 Å². The molecule has 0 saturated heterocycles. The Balaban J connectivity index is 0.00000225. The predicted octanol–water partition coefficient (Wildman–Crippen LogP) is 3.94. The van der Waals surface area contributed by atoms with Gasteiger partial charge in [0, 0.05) is 36.7 Å². The summed E-state index contributed by atoms with van der Waals surface area (Å²) in [6.07, 6.45) is 0.623. The van der Waals surface area contributed by atoms with E-state index in [9.17, 15) is 13.2 Å². The lowest BCUT2D eigenvalue weighted by Gasteiger charge is -2.12. The normalized spacial score (nSPS) is 19.1. The Morgan fingerprint density at radius 3 is 2.32 bits per heavy atom. The van der Waals surface area contributed by atoms with Crippen LogP contribution in [-0.4, -0.2) is 19.0 Å². The Bertz CT molecular complexity index is 747. The van der Waals surface area contributed by atoms with Crippen molar-refractivity contribution in [2.45, 2.75) is 24.9 Å². The number of nitrogens with zero attached hydrogens (tertiary/aromatic N) is 1. The van der Waals surface area contributed by atoms with Gasteiger partial charge in [-0.15, -0.1) is 24.0 Å². The number of hydrogen-bond acceptors (Lipinski definition) is 1. The van der Waals surface area contributed by atoms with Crippen molar-refractivity contribution in [3.63, 3.8) is 0 Å². The van der Waals surface area contributed by atoms with Gasteiger partial charge in [-0.25, -0.2) is 13.2 Å². The van der Waals surface area contributed by atoms with Gasteiger partial charge in [0.05, 0.1) is 0 Å². The largest absolute Gasteiger partial charge is 0.353 e. The van der Waals surface area contributed by atoms with Gasteiger partial charge in [-0.2, -0.15) is 0 Å². The summed E-state index contributed by atoms with van der Waals surface area (Å²) in [5.74, 6) is -1.10. The van der Waals surface area contributed by atoms with Gasteiger partial charge in [-0.1, -0.05) is 24.3 Å². The molecule has 1 fully saturated rings. The number of rotatable bonds is 4. The van der Waals surface area contributed by atoms with Crippen molar-refractivity contribution in [1.29, 1.82) is 0 Å². The average molecular weight is 461 g/mol. The third-order valence-electron chi connectivity index (χ3n) is 4.11. The van der Waals surface area contributed by atoms with Crippen molar-refractivity contribution in [2.24, 2.45) is 4.99 Å². The van der Waals surface area contributed by atoms with Crippen LogP contribution >= 0.6 is 24.0 Å². The van der Waals surface area contributed by atoms with Crippen molar-refractivity contribution in [2.75, 3.05) is 7.05 Å². The second-order valence-corrected chi connectivity index (χ2v) is 5.75. The molecule has 7 heteroatoms. The lowest BCUT2D eigenvalue weighted by atomic mass is 10.1. The van der Waals surface area contributed by atoms with Gasteiger partial charge in [-0.05, 0) is 24.6 Å². The highest BCUT2D eigenvalue weighted by atomic mass is 127. The Morgan fingerprint density at radius 2 is 1.68 bits per heavy atom. The molecule has 3 nitrogen and oxygen atoms in total. The van der Waals surface area contributed by atoms with Crippen molar-refractivity contribution in [1.82, 2.24) is 10.6 Å². The van der Waals surface area contributed by atoms with Crippen molar-refractivity contribution < 1.29 is 13.2 Å². The van der Waals surface area contributed by atoms with Crippen molar-refractivity contribution in [3.05, 3.63) is 71.0 Å². The molecule has 2 atom stereocenters. The highest BCUT2D eigenvalue weighted by molar-refractivity contribution is 14.0. The molecule has 1 aliphatic carbocycles. The van der Waals surface area contributed by atoms with Crippen LogP contribution in [0.2, 0.25) is 0 Å². The van der Waals surface area contributed by atoms with Gasteiger partial charge in [0.15, 0.2) is 5.96 Å². The highest BCUT2D eigenvalue weighted by Crippen LogP contribution is 2.43. The molecule has 1 aliphatic rings. The maximum Gasteiger partial charge on any atom is 0.191 e. The maximum atomic E-state index is 13.8. The maximum absolute atomic E-state index is 13.8. The van der Waals surface area contributed by atoms with Crippen LogP contribution in [0, 0.1) is 17.5 Å². The Morgan fingerprint density at radius 1 is 1.04 bits per heavy atom. The molecule has 1 saturated carbocycles. The summed E-state index contributed by atoms with van der Waals surface area (Å²) in [6, 6.07) is 10.3. The molecule has 0 bridgehead atoms. The SMILES string of the molecule is CN=C(NCc1ccccc1F)NC1CC1c1c(F)cccc1F.I. The van der Waals surface area contributed by atoms with E-state index in [2.05, 4.69) is 15.6 Å². The smallest absolute Gasteiger partial charge is 0.191 e. The van der Waals surface area contributed by atoms with E-state index in [-0.39, 0.29) is 53.9 Å². The number of guanidine groups is 1. The van der Waals surface area contributed by atoms with Gasteiger partial charge in [0.1, 0.15) is 17.5 Å². The summed E-state index contributed by atoms with van der Waals surface area (Å²) in [5.41, 5.74) is 0.632. The summed E-state index contributed by atoms with van der Waals surface area (Å²) in [5, 5.41) is 6.13. The monoisotopic (exact) mass is 461 g/mol. The first-order chi connectivity index (χ1) is 11.6. The number of nitrogens with one attached hydrogen (secondary N) is 2. The van der Waals surface area contributed by atoms with Crippen LogP contribution in [-0.2, 0) is 6.54 Å². The molecule has 2 N–H and O–H groups in total. The summed E-state index contributed by atoms with van der Waals surface area (Å²) in [6.45, 7) is 0.276. The minimum Gasteiger partial charge on any atom is -0.353 e. The zero-order valence-electron chi connectivity index (χ0n) is 13.6. The second kappa shape index (κ2) is 8.55. The average Bonchev–Trinajstić information content (AvgIpc) is 3.31. The number of halogens is 4. The van der Waals surface area contributed by atoms with Gasteiger partial charge < -0.3 is 10.6 Å². The molecular weight excluding hydrogens is 442 g/mol. The third kappa shape index (κ3) is 4.65. The quantitative estimate of drug-likeness (QED) is 0.411. The van der Waals surface area contributed by atoms with Crippen LogP contribution in [0.1, 0.15) is 23.5 Å². The van der Waals surface area contributed by atoms with Crippen LogP contribution < -0.4 is 10.6 Å². The lowest BCUT2D eigenvalue weighted by molar-refractivity contribution is 0.553. The van der Waals surface area contributed by atoms with E-state index in [0.717, 1.165) is 0 Å². The third-order valence-corrected chi connectivity index (χ3v) is 4.11. The van der Waals surface area contributed by atoms with Crippen molar-refractivity contribution >= 4 is 29.9 Å². The first kappa shape index (κ1) is 19.6. The van der Waals surface area contributed by atoms with Gasteiger partial charge in [0.2, 0.25) is 0 Å². The molecule has 134 valence electrons. The summed E-state index contributed by atoms with van der Waals surface area (Å²) in [4.78, 5) is 4.07. The molecule has 0 heterocycles. The van der Waals surface area contributed by atoms with Crippen LogP contribution in [0.5, 0.6) is 0 Å². The van der Waals surface area contributed by atoms with E-state index in [0.29, 0.717) is 17.9 Å². The molecule has 25 heavy (non-hydrogen) atoms. The fourth-order valence-electron chi connectivity index (χ4n) is 2.73. The Labute approximate surface area is 161 Å². The molecular formula is C18H19F3IN3. The van der Waals surface area contributed by atoms with E-state index in [4.69, 9.17) is 0 Å². The van der Waals surface area contributed by atoms with Gasteiger partial charge in [-0.3, -0.25) is 4.99 Å². The number of aliphatic imine (C=N–C) groups is 1.